The van der Waals surface area contributed by atoms with Crippen molar-refractivity contribution < 1.29 is 9.53 Å². The Balaban J connectivity index is 1.80. The number of methoxy groups -OCH3 is 1. The van der Waals surface area contributed by atoms with Crippen molar-refractivity contribution in [2.75, 3.05) is 7.11 Å². The maximum Gasteiger partial charge on any atom is 0.262 e. The first-order chi connectivity index (χ1) is 13.7. The molecular weight excluding hydrogens is 350 g/mol. The number of carbonyl (C=O) groups excluding carboxylic acids is 1. The van der Waals surface area contributed by atoms with Gasteiger partial charge in [0.2, 0.25) is 0 Å². The van der Waals surface area contributed by atoms with Gasteiger partial charge in [0.1, 0.15) is 11.4 Å². The minimum absolute atomic E-state index is 0.0832. The minimum Gasteiger partial charge on any atom is -0.497 e. The summed E-state index contributed by atoms with van der Waals surface area (Å²) in [6, 6.07) is 24.3. The van der Waals surface area contributed by atoms with Crippen LogP contribution in [0.4, 0.5) is 11.4 Å². The number of carbonyl (C=O) groups is 1. The molecule has 0 saturated heterocycles. The number of hydrogen-bond donors (Lipinski definition) is 0. The van der Waals surface area contributed by atoms with Gasteiger partial charge in [-0.15, -0.1) is 5.11 Å². The highest BCUT2D eigenvalue weighted by atomic mass is 16.5. The molecule has 0 radical (unpaired) electrons. The molecule has 4 aromatic rings. The summed E-state index contributed by atoms with van der Waals surface area (Å²) in [6.45, 7) is 1.89. The lowest BCUT2D eigenvalue weighted by Crippen LogP contribution is -2.13. The number of aromatic nitrogens is 1. The summed E-state index contributed by atoms with van der Waals surface area (Å²) in [5.74, 6) is 0.681. The summed E-state index contributed by atoms with van der Waals surface area (Å²) < 4.78 is 6.87. The van der Waals surface area contributed by atoms with E-state index >= 15 is 0 Å². The number of nitrogens with zero attached hydrogens (tertiary/aromatic N) is 3. The number of para-hydroxylation sites is 1. The molecule has 0 unspecified atom stereocenters. The van der Waals surface area contributed by atoms with Crippen LogP contribution in [0.15, 0.2) is 89.1 Å². The largest absolute Gasteiger partial charge is 0.497 e. The number of rotatable bonds is 4. The molecule has 1 heterocycles. The van der Waals surface area contributed by atoms with Gasteiger partial charge in [-0.25, -0.2) is 0 Å². The van der Waals surface area contributed by atoms with Gasteiger partial charge in [0.25, 0.3) is 5.91 Å². The molecule has 0 fully saturated rings. The Morgan fingerprint density at radius 2 is 1.54 bits per heavy atom. The Bertz CT molecular complexity index is 1160. The van der Waals surface area contributed by atoms with Crippen LogP contribution in [0, 0.1) is 6.92 Å². The van der Waals surface area contributed by atoms with Crippen LogP contribution >= 0.6 is 0 Å². The van der Waals surface area contributed by atoms with E-state index in [1.54, 1.807) is 11.7 Å². The lowest BCUT2D eigenvalue weighted by atomic mass is 10.2. The van der Waals surface area contributed by atoms with E-state index < -0.39 is 0 Å². The zero-order valence-corrected chi connectivity index (χ0v) is 15.7. The first-order valence-corrected chi connectivity index (χ1v) is 8.94. The third-order valence-corrected chi connectivity index (χ3v) is 4.64. The number of ether oxygens (including phenoxy) is 1. The van der Waals surface area contributed by atoms with E-state index in [1.165, 1.54) is 0 Å². The van der Waals surface area contributed by atoms with Gasteiger partial charge in [-0.05, 0) is 49.4 Å². The average Bonchev–Trinajstić information content (AvgIpc) is 3.04. The van der Waals surface area contributed by atoms with E-state index in [1.807, 2.05) is 85.8 Å². The third-order valence-electron chi connectivity index (χ3n) is 4.64. The van der Waals surface area contributed by atoms with Gasteiger partial charge in [-0.3, -0.25) is 9.36 Å². The maximum absolute atomic E-state index is 13.1. The first kappa shape index (κ1) is 17.7. The Hall–Kier alpha value is -3.73. The fourth-order valence-corrected chi connectivity index (χ4v) is 3.20. The van der Waals surface area contributed by atoms with Crippen LogP contribution in [0.3, 0.4) is 0 Å². The highest BCUT2D eigenvalue weighted by molar-refractivity contribution is 6.06. The molecule has 0 spiro atoms. The molecule has 1 aromatic heterocycles. The smallest absolute Gasteiger partial charge is 0.262 e. The molecule has 5 nitrogen and oxygen atoms in total. The van der Waals surface area contributed by atoms with Crippen LogP contribution in [0.25, 0.3) is 10.9 Å². The third kappa shape index (κ3) is 3.18. The topological polar surface area (TPSA) is 56.0 Å². The molecule has 138 valence electrons. The van der Waals surface area contributed by atoms with Gasteiger partial charge in [0.05, 0.1) is 24.0 Å². The normalized spacial score (nSPS) is 11.2. The molecule has 0 aliphatic rings. The van der Waals surface area contributed by atoms with Crippen molar-refractivity contribution in [2.45, 2.75) is 6.92 Å². The Labute approximate surface area is 162 Å². The molecule has 0 aliphatic heterocycles. The maximum atomic E-state index is 13.1. The van der Waals surface area contributed by atoms with Gasteiger partial charge >= 0.3 is 0 Å². The summed E-state index contributed by atoms with van der Waals surface area (Å²) in [7, 11) is 1.62. The fourth-order valence-electron chi connectivity index (χ4n) is 3.20. The fraction of sp³-hybridized carbons (Fsp3) is 0.0870. The molecule has 0 N–H and O–H groups in total. The molecule has 0 bridgehead atoms. The van der Waals surface area contributed by atoms with E-state index in [9.17, 15) is 4.79 Å². The van der Waals surface area contributed by atoms with Crippen LogP contribution in [-0.4, -0.2) is 17.6 Å². The predicted octanol–water partition coefficient (Wildman–Crippen LogP) is 6.06. The number of azo groups is 1. The van der Waals surface area contributed by atoms with Crippen LogP contribution < -0.4 is 4.74 Å². The van der Waals surface area contributed by atoms with Crippen molar-refractivity contribution in [2.24, 2.45) is 10.2 Å². The van der Waals surface area contributed by atoms with Crippen molar-refractivity contribution >= 4 is 28.2 Å². The Kier molecular flexibility index (Phi) is 4.72. The summed E-state index contributed by atoms with van der Waals surface area (Å²) in [6.07, 6.45) is 0. The van der Waals surface area contributed by atoms with Gasteiger partial charge in [0, 0.05) is 10.9 Å². The summed E-state index contributed by atoms with van der Waals surface area (Å²) >= 11 is 0. The minimum atomic E-state index is -0.0832. The Morgan fingerprint density at radius 3 is 2.25 bits per heavy atom. The van der Waals surface area contributed by atoms with E-state index in [0.29, 0.717) is 16.9 Å². The van der Waals surface area contributed by atoms with Crippen molar-refractivity contribution in [1.29, 1.82) is 0 Å². The summed E-state index contributed by atoms with van der Waals surface area (Å²) in [5, 5.41) is 9.71. The van der Waals surface area contributed by atoms with E-state index in [2.05, 4.69) is 10.2 Å². The second-order valence-electron chi connectivity index (χ2n) is 6.36. The van der Waals surface area contributed by atoms with Crippen LogP contribution in [0.5, 0.6) is 5.75 Å². The zero-order chi connectivity index (χ0) is 19.5. The van der Waals surface area contributed by atoms with Gasteiger partial charge in [0.15, 0.2) is 0 Å². The van der Waals surface area contributed by atoms with Crippen molar-refractivity contribution in [3.8, 4) is 5.75 Å². The lowest BCUT2D eigenvalue weighted by molar-refractivity contribution is 0.0963. The lowest BCUT2D eigenvalue weighted by Gasteiger charge is -2.06. The summed E-state index contributed by atoms with van der Waals surface area (Å²) in [4.78, 5) is 13.1. The molecule has 0 saturated carbocycles. The monoisotopic (exact) mass is 369 g/mol. The number of fused-ring (bicyclic) bond motifs is 1. The van der Waals surface area contributed by atoms with E-state index in [4.69, 9.17) is 4.74 Å². The molecule has 4 rings (SSSR count). The summed E-state index contributed by atoms with van der Waals surface area (Å²) in [5.41, 5.74) is 3.61. The standard InChI is InChI=1S/C23H19N3O2/c1-16-22(25-24-18-12-14-19(28-2)15-13-18)20-10-6-7-11-21(20)26(16)23(27)17-8-4-3-5-9-17/h3-15H,1-2H3. The Morgan fingerprint density at radius 1 is 0.857 bits per heavy atom. The second-order valence-corrected chi connectivity index (χ2v) is 6.36. The van der Waals surface area contributed by atoms with Crippen LogP contribution in [0.1, 0.15) is 16.1 Å². The van der Waals surface area contributed by atoms with Gasteiger partial charge < -0.3 is 4.74 Å². The molecule has 28 heavy (non-hydrogen) atoms. The van der Waals surface area contributed by atoms with Crippen molar-refractivity contribution in [3.05, 3.63) is 90.1 Å². The van der Waals surface area contributed by atoms with Crippen molar-refractivity contribution in [3.63, 3.8) is 0 Å². The first-order valence-electron chi connectivity index (χ1n) is 8.94. The molecular formula is C23H19N3O2. The van der Waals surface area contributed by atoms with E-state index in [0.717, 1.165) is 22.3 Å². The van der Waals surface area contributed by atoms with Gasteiger partial charge in [-0.2, -0.15) is 5.11 Å². The van der Waals surface area contributed by atoms with Crippen LogP contribution in [0.2, 0.25) is 0 Å². The SMILES string of the molecule is COc1ccc(N=Nc2c(C)n(C(=O)c3ccccc3)c3ccccc23)cc1. The second kappa shape index (κ2) is 7.48. The molecule has 0 atom stereocenters. The van der Waals surface area contributed by atoms with E-state index in [-0.39, 0.29) is 5.91 Å². The van der Waals surface area contributed by atoms with Gasteiger partial charge in [-0.1, -0.05) is 36.4 Å². The molecule has 5 heteroatoms. The van der Waals surface area contributed by atoms with Crippen LogP contribution in [-0.2, 0) is 0 Å². The zero-order valence-electron chi connectivity index (χ0n) is 15.7. The average molecular weight is 369 g/mol. The highest BCUT2D eigenvalue weighted by Crippen LogP contribution is 2.34. The van der Waals surface area contributed by atoms with Crippen molar-refractivity contribution in [1.82, 2.24) is 4.57 Å². The molecule has 3 aromatic carbocycles. The highest BCUT2D eigenvalue weighted by Gasteiger charge is 2.19. The number of hydrogen-bond acceptors (Lipinski definition) is 4. The predicted molar refractivity (Wildman–Crippen MR) is 110 cm³/mol. The number of benzene rings is 3. The molecule has 0 aliphatic carbocycles. The molecule has 0 amide bonds. The quantitative estimate of drug-likeness (QED) is 0.410.